The third-order valence-electron chi connectivity index (χ3n) is 2.17. The Bertz CT molecular complexity index is 257. The molecule has 1 rings (SSSR count). The number of halogens is 1. The van der Waals surface area contributed by atoms with Gasteiger partial charge in [0, 0.05) is 13.0 Å². The fourth-order valence-corrected chi connectivity index (χ4v) is 1.34. The fourth-order valence-electron chi connectivity index (χ4n) is 1.10. The maximum Gasteiger partial charge on any atom is 0.147 e. The maximum atomic E-state index is 5.67. The molecule has 1 aromatic rings. The van der Waals surface area contributed by atoms with Gasteiger partial charge in [-0.1, -0.05) is 13.8 Å². The van der Waals surface area contributed by atoms with E-state index in [1.807, 2.05) is 11.6 Å². The van der Waals surface area contributed by atoms with Crippen LogP contribution in [-0.4, -0.2) is 14.8 Å². The van der Waals surface area contributed by atoms with Crippen molar-refractivity contribution in [2.24, 2.45) is 7.05 Å². The first-order valence-electron chi connectivity index (χ1n) is 4.14. The number of alkyl halides is 1. The van der Waals surface area contributed by atoms with Crippen LogP contribution in [0.3, 0.4) is 0 Å². The van der Waals surface area contributed by atoms with Gasteiger partial charge in [0.05, 0.1) is 5.88 Å². The highest BCUT2D eigenvalue weighted by atomic mass is 35.5. The number of hydrogen-bond acceptors (Lipinski definition) is 2. The van der Waals surface area contributed by atoms with Crippen molar-refractivity contribution in [2.75, 3.05) is 0 Å². The predicted octanol–water partition coefficient (Wildman–Crippen LogP) is 2.07. The maximum absolute atomic E-state index is 5.67. The SMILES string of the molecule is CCC(C)c1nnc(CCl)n1C. The summed E-state index contributed by atoms with van der Waals surface area (Å²) in [5.41, 5.74) is 0. The summed E-state index contributed by atoms with van der Waals surface area (Å²) in [7, 11) is 1.96. The van der Waals surface area contributed by atoms with Gasteiger partial charge in [0.15, 0.2) is 0 Å². The topological polar surface area (TPSA) is 30.7 Å². The van der Waals surface area contributed by atoms with E-state index in [1.165, 1.54) is 0 Å². The number of rotatable bonds is 3. The van der Waals surface area contributed by atoms with E-state index in [4.69, 9.17) is 11.6 Å². The van der Waals surface area contributed by atoms with Gasteiger partial charge in [-0.05, 0) is 6.42 Å². The second-order valence-corrected chi connectivity index (χ2v) is 3.24. The molecular formula is C8H14ClN3. The summed E-state index contributed by atoms with van der Waals surface area (Å²) in [5.74, 6) is 2.75. The highest BCUT2D eigenvalue weighted by Crippen LogP contribution is 2.16. The van der Waals surface area contributed by atoms with E-state index < -0.39 is 0 Å². The van der Waals surface area contributed by atoms with Crippen LogP contribution in [0.4, 0.5) is 0 Å². The molecule has 0 aliphatic rings. The highest BCUT2D eigenvalue weighted by molar-refractivity contribution is 6.16. The molecule has 3 nitrogen and oxygen atoms in total. The first kappa shape index (κ1) is 9.52. The molecule has 0 N–H and O–H groups in total. The van der Waals surface area contributed by atoms with E-state index in [0.717, 1.165) is 18.1 Å². The van der Waals surface area contributed by atoms with Gasteiger partial charge in [-0.25, -0.2) is 0 Å². The summed E-state index contributed by atoms with van der Waals surface area (Å²) in [6.45, 7) is 4.28. The predicted molar refractivity (Wildman–Crippen MR) is 49.3 cm³/mol. The lowest BCUT2D eigenvalue weighted by Gasteiger charge is -2.07. The second-order valence-electron chi connectivity index (χ2n) is 2.98. The van der Waals surface area contributed by atoms with Crippen LogP contribution >= 0.6 is 11.6 Å². The summed E-state index contributed by atoms with van der Waals surface area (Å²) >= 11 is 5.67. The lowest BCUT2D eigenvalue weighted by atomic mass is 10.1. The Kier molecular flexibility index (Phi) is 3.09. The Morgan fingerprint density at radius 3 is 2.58 bits per heavy atom. The van der Waals surface area contributed by atoms with Crippen LogP contribution in [0.2, 0.25) is 0 Å². The molecule has 0 radical (unpaired) electrons. The number of nitrogens with zero attached hydrogens (tertiary/aromatic N) is 3. The average Bonchev–Trinajstić information content (AvgIpc) is 2.45. The zero-order chi connectivity index (χ0) is 9.14. The van der Waals surface area contributed by atoms with Crippen molar-refractivity contribution in [3.8, 4) is 0 Å². The van der Waals surface area contributed by atoms with E-state index in [0.29, 0.717) is 11.8 Å². The second kappa shape index (κ2) is 3.90. The van der Waals surface area contributed by atoms with Crippen molar-refractivity contribution in [2.45, 2.75) is 32.1 Å². The molecule has 4 heteroatoms. The first-order chi connectivity index (χ1) is 5.70. The molecule has 1 atom stereocenters. The Morgan fingerprint density at radius 2 is 2.17 bits per heavy atom. The van der Waals surface area contributed by atoms with Crippen molar-refractivity contribution in [3.05, 3.63) is 11.6 Å². The molecule has 68 valence electrons. The third-order valence-corrected chi connectivity index (χ3v) is 2.41. The fraction of sp³-hybridized carbons (Fsp3) is 0.750. The quantitative estimate of drug-likeness (QED) is 0.679. The van der Waals surface area contributed by atoms with Gasteiger partial charge in [0.25, 0.3) is 0 Å². The van der Waals surface area contributed by atoms with Crippen LogP contribution in [0.25, 0.3) is 0 Å². The van der Waals surface area contributed by atoms with E-state index in [2.05, 4.69) is 24.0 Å². The zero-order valence-electron chi connectivity index (χ0n) is 7.71. The zero-order valence-corrected chi connectivity index (χ0v) is 8.47. The van der Waals surface area contributed by atoms with Gasteiger partial charge in [-0.15, -0.1) is 21.8 Å². The molecule has 0 saturated carbocycles. The normalized spacial score (nSPS) is 13.3. The molecule has 1 heterocycles. The molecule has 12 heavy (non-hydrogen) atoms. The molecular weight excluding hydrogens is 174 g/mol. The summed E-state index contributed by atoms with van der Waals surface area (Å²) in [6.07, 6.45) is 1.08. The van der Waals surface area contributed by atoms with Crippen LogP contribution < -0.4 is 0 Å². The van der Waals surface area contributed by atoms with Crippen LogP contribution in [0, 0.1) is 0 Å². The molecule has 0 aromatic carbocycles. The Morgan fingerprint density at radius 1 is 1.50 bits per heavy atom. The van der Waals surface area contributed by atoms with Gasteiger partial charge < -0.3 is 4.57 Å². The molecule has 0 fully saturated rings. The van der Waals surface area contributed by atoms with Crippen LogP contribution in [0.15, 0.2) is 0 Å². The van der Waals surface area contributed by atoms with Crippen LogP contribution in [0.1, 0.15) is 37.8 Å². The van der Waals surface area contributed by atoms with Crippen molar-refractivity contribution >= 4 is 11.6 Å². The molecule has 0 amide bonds. The molecule has 0 bridgehead atoms. The van der Waals surface area contributed by atoms with E-state index in [-0.39, 0.29) is 0 Å². The Balaban J connectivity index is 2.93. The van der Waals surface area contributed by atoms with Gasteiger partial charge in [-0.2, -0.15) is 0 Å². The summed E-state index contributed by atoms with van der Waals surface area (Å²) in [6, 6.07) is 0. The lowest BCUT2D eigenvalue weighted by Crippen LogP contribution is -2.04. The van der Waals surface area contributed by atoms with Crippen LogP contribution in [-0.2, 0) is 12.9 Å². The Labute approximate surface area is 77.8 Å². The monoisotopic (exact) mass is 187 g/mol. The van der Waals surface area contributed by atoms with E-state index in [9.17, 15) is 0 Å². The van der Waals surface area contributed by atoms with Gasteiger partial charge in [0.1, 0.15) is 11.6 Å². The van der Waals surface area contributed by atoms with E-state index >= 15 is 0 Å². The van der Waals surface area contributed by atoms with Crippen molar-refractivity contribution in [1.29, 1.82) is 0 Å². The largest absolute Gasteiger partial charge is 0.317 e. The lowest BCUT2D eigenvalue weighted by molar-refractivity contribution is 0.634. The molecule has 0 saturated heterocycles. The Hall–Kier alpha value is -0.570. The van der Waals surface area contributed by atoms with E-state index in [1.54, 1.807) is 0 Å². The minimum Gasteiger partial charge on any atom is -0.317 e. The van der Waals surface area contributed by atoms with Gasteiger partial charge in [0.2, 0.25) is 0 Å². The van der Waals surface area contributed by atoms with Crippen molar-refractivity contribution in [3.63, 3.8) is 0 Å². The number of aromatic nitrogens is 3. The minimum atomic E-state index is 0.430. The highest BCUT2D eigenvalue weighted by Gasteiger charge is 2.12. The molecule has 0 spiro atoms. The molecule has 1 unspecified atom stereocenters. The van der Waals surface area contributed by atoms with Gasteiger partial charge in [-0.3, -0.25) is 0 Å². The van der Waals surface area contributed by atoms with Crippen LogP contribution in [0.5, 0.6) is 0 Å². The first-order valence-corrected chi connectivity index (χ1v) is 4.68. The van der Waals surface area contributed by atoms with Gasteiger partial charge >= 0.3 is 0 Å². The average molecular weight is 188 g/mol. The molecule has 0 aliphatic carbocycles. The summed E-state index contributed by atoms with van der Waals surface area (Å²) in [5, 5.41) is 8.07. The number of hydrogen-bond donors (Lipinski definition) is 0. The molecule has 0 aliphatic heterocycles. The standard InChI is InChI=1S/C8H14ClN3/c1-4-6(2)8-11-10-7(5-9)12(8)3/h6H,4-5H2,1-3H3. The van der Waals surface area contributed by atoms with Crippen molar-refractivity contribution in [1.82, 2.24) is 14.8 Å². The summed E-state index contributed by atoms with van der Waals surface area (Å²) in [4.78, 5) is 0. The molecule has 1 aromatic heterocycles. The van der Waals surface area contributed by atoms with Crippen molar-refractivity contribution < 1.29 is 0 Å². The smallest absolute Gasteiger partial charge is 0.147 e. The summed E-state index contributed by atoms with van der Waals surface area (Å²) < 4.78 is 1.97. The minimum absolute atomic E-state index is 0.430. The third kappa shape index (κ3) is 1.61.